The number of carbonyl (C=O) groups excluding carboxylic acids is 2. The molecule has 4 aliphatic rings. The molecule has 4 fully saturated rings. The number of fused-ring (bicyclic) bond motifs is 3. The molecule has 1 aliphatic carbocycles. The maximum Gasteiger partial charge on any atom is 0.251 e. The summed E-state index contributed by atoms with van der Waals surface area (Å²) in [4.78, 5) is 31.8. The summed E-state index contributed by atoms with van der Waals surface area (Å²) in [5.74, 6) is 0.257. The molecule has 220 valence electrons. The number of carbonyl (C=O) groups is 2. The number of halogens is 1. The van der Waals surface area contributed by atoms with E-state index in [2.05, 4.69) is 24.1 Å². The van der Waals surface area contributed by atoms with Gasteiger partial charge in [0.15, 0.2) is 0 Å². The summed E-state index contributed by atoms with van der Waals surface area (Å²) in [6, 6.07) is 0.437. The molecule has 5 heterocycles. The van der Waals surface area contributed by atoms with Gasteiger partial charge in [-0.1, -0.05) is 39.2 Å². The Labute approximate surface area is 236 Å². The maximum absolute atomic E-state index is 15.7. The molecule has 2 aromatic heterocycles. The second-order valence-corrected chi connectivity index (χ2v) is 11.9. The number of nitrogens with one attached hydrogen (secondary N) is 2. The van der Waals surface area contributed by atoms with Crippen LogP contribution in [0.25, 0.3) is 5.78 Å². The summed E-state index contributed by atoms with van der Waals surface area (Å²) in [5.41, 5.74) is 1.31. The number of unbranched alkanes of at least 4 members (excludes halogenated alkanes) is 3. The minimum atomic E-state index is -1.45. The van der Waals surface area contributed by atoms with Gasteiger partial charge in [-0.15, -0.1) is 0 Å². The molecular weight excluding hydrogens is 511 g/mol. The van der Waals surface area contributed by atoms with Crippen LogP contribution in [0.15, 0.2) is 18.3 Å². The standard InChI is InChI=1S/C26H39FN6O2.C4H6O/c1-4-5-6-7-8-20(28-3)22-14-33-25(30-22)31-23(19-15-35-10-9-26(19,2)27)21(32-33)13-18-16-11-17(12-16)29-24(18)34;1-4(2)3-5/h14,16-20,28H,4-13,15H2,1-3H3,(H,29,34);3H,1H2,2H3. The predicted octanol–water partition coefficient (Wildman–Crippen LogP) is 4.42. The van der Waals surface area contributed by atoms with Gasteiger partial charge in [0.1, 0.15) is 12.0 Å². The molecule has 4 unspecified atom stereocenters. The van der Waals surface area contributed by atoms with Crippen molar-refractivity contribution in [2.24, 2.45) is 11.8 Å². The summed E-state index contributed by atoms with van der Waals surface area (Å²) >= 11 is 0. The van der Waals surface area contributed by atoms with Gasteiger partial charge in [-0.3, -0.25) is 9.59 Å². The van der Waals surface area contributed by atoms with E-state index in [9.17, 15) is 9.59 Å². The fourth-order valence-electron chi connectivity index (χ4n) is 5.97. The highest BCUT2D eigenvalue weighted by atomic mass is 19.1. The number of hydrogen-bond donors (Lipinski definition) is 2. The van der Waals surface area contributed by atoms with Crippen molar-refractivity contribution in [1.82, 2.24) is 30.2 Å². The van der Waals surface area contributed by atoms with Crippen molar-refractivity contribution < 1.29 is 18.7 Å². The molecule has 0 radical (unpaired) electrons. The Balaban J connectivity index is 0.000000681. The monoisotopic (exact) mass is 556 g/mol. The zero-order chi connectivity index (χ0) is 28.9. The van der Waals surface area contributed by atoms with Crippen LogP contribution in [0.1, 0.15) is 101 Å². The topological polar surface area (TPSA) is 111 Å². The molecule has 2 bridgehead atoms. The number of hydrogen-bond acceptors (Lipinski definition) is 7. The summed E-state index contributed by atoms with van der Waals surface area (Å²) < 4.78 is 23.1. The highest BCUT2D eigenvalue weighted by molar-refractivity contribution is 5.81. The van der Waals surface area contributed by atoms with E-state index in [0.29, 0.717) is 54.1 Å². The van der Waals surface area contributed by atoms with Gasteiger partial charge in [0, 0.05) is 31.4 Å². The third kappa shape index (κ3) is 6.94. The molecule has 0 spiro atoms. The number of ether oxygens (including phenoxy) is 1. The van der Waals surface area contributed by atoms with Gasteiger partial charge in [-0.05, 0) is 51.6 Å². The SMILES string of the molecule is C=C(C)C=O.CCCCCCC(NC)c1cn2nc(CC3C(=O)NC4CC3C4)c(C3COCCC3(C)F)nc2n1. The van der Waals surface area contributed by atoms with Crippen LogP contribution in [-0.2, 0) is 20.7 Å². The number of imidazole rings is 1. The van der Waals surface area contributed by atoms with Crippen LogP contribution in [0.5, 0.6) is 0 Å². The van der Waals surface area contributed by atoms with Crippen LogP contribution in [0.2, 0.25) is 0 Å². The number of rotatable bonds is 11. The Kier molecular flexibility index (Phi) is 10.1. The number of piperidine rings is 2. The molecule has 9 nitrogen and oxygen atoms in total. The van der Waals surface area contributed by atoms with Gasteiger partial charge in [0.25, 0.3) is 5.78 Å². The average molecular weight is 557 g/mol. The smallest absolute Gasteiger partial charge is 0.251 e. The zero-order valence-corrected chi connectivity index (χ0v) is 24.4. The second-order valence-electron chi connectivity index (χ2n) is 11.9. The van der Waals surface area contributed by atoms with Gasteiger partial charge in [-0.2, -0.15) is 5.10 Å². The van der Waals surface area contributed by atoms with Gasteiger partial charge in [-0.25, -0.2) is 18.9 Å². The lowest BCUT2D eigenvalue weighted by Crippen LogP contribution is -2.57. The van der Waals surface area contributed by atoms with E-state index in [-0.39, 0.29) is 24.5 Å². The number of aromatic nitrogens is 4. The van der Waals surface area contributed by atoms with E-state index in [1.807, 2.05) is 13.2 Å². The van der Waals surface area contributed by atoms with Crippen molar-refractivity contribution in [2.75, 3.05) is 20.3 Å². The molecule has 6 rings (SSSR count). The fraction of sp³-hybridized carbons (Fsp3) is 0.700. The van der Waals surface area contributed by atoms with Gasteiger partial charge >= 0.3 is 0 Å². The average Bonchev–Trinajstić information content (AvgIpc) is 3.31. The lowest BCUT2D eigenvalue weighted by molar-refractivity contribution is -0.135. The van der Waals surface area contributed by atoms with Crippen molar-refractivity contribution in [3.8, 4) is 0 Å². The molecule has 0 aromatic carbocycles. The van der Waals surface area contributed by atoms with E-state index in [1.165, 1.54) is 19.3 Å². The van der Waals surface area contributed by atoms with E-state index in [4.69, 9.17) is 19.8 Å². The molecule has 3 saturated heterocycles. The van der Waals surface area contributed by atoms with E-state index >= 15 is 4.39 Å². The Morgan fingerprint density at radius 3 is 2.73 bits per heavy atom. The van der Waals surface area contributed by atoms with Gasteiger partial charge < -0.3 is 15.4 Å². The highest BCUT2D eigenvalue weighted by Gasteiger charge is 2.47. The number of amides is 1. The molecular formula is C30H45FN6O3. The number of aldehydes is 1. The lowest BCUT2D eigenvalue weighted by atomic mass is 9.66. The van der Waals surface area contributed by atoms with Crippen LogP contribution >= 0.6 is 0 Å². The first-order chi connectivity index (χ1) is 19.2. The van der Waals surface area contributed by atoms with E-state index in [0.717, 1.165) is 37.7 Å². The minimum absolute atomic E-state index is 0.0851. The molecule has 2 aromatic rings. The van der Waals surface area contributed by atoms with Crippen molar-refractivity contribution in [2.45, 2.75) is 102 Å². The second kappa shape index (κ2) is 13.3. The Morgan fingerprint density at radius 2 is 2.10 bits per heavy atom. The lowest BCUT2D eigenvalue weighted by Gasteiger charge is -2.46. The third-order valence-corrected chi connectivity index (χ3v) is 8.60. The van der Waals surface area contributed by atoms with Crippen LogP contribution in [-0.4, -0.2) is 63.7 Å². The largest absolute Gasteiger partial charge is 0.381 e. The quantitative estimate of drug-likeness (QED) is 0.240. The predicted molar refractivity (Wildman–Crippen MR) is 152 cm³/mol. The van der Waals surface area contributed by atoms with Crippen LogP contribution < -0.4 is 10.6 Å². The number of alkyl halides is 1. The van der Waals surface area contributed by atoms with Crippen LogP contribution in [0.3, 0.4) is 0 Å². The normalized spacial score (nSPS) is 28.2. The molecule has 3 aliphatic heterocycles. The fourth-order valence-corrected chi connectivity index (χ4v) is 5.97. The first-order valence-electron chi connectivity index (χ1n) is 14.8. The summed E-state index contributed by atoms with van der Waals surface area (Å²) in [6.07, 6.45) is 11.2. The molecule has 2 N–H and O–H groups in total. The zero-order valence-electron chi connectivity index (χ0n) is 24.4. The van der Waals surface area contributed by atoms with Crippen LogP contribution in [0, 0.1) is 11.8 Å². The van der Waals surface area contributed by atoms with Gasteiger partial charge in [0.2, 0.25) is 5.91 Å². The first-order valence-corrected chi connectivity index (χ1v) is 14.8. The molecule has 4 atom stereocenters. The summed E-state index contributed by atoms with van der Waals surface area (Å²) in [7, 11) is 1.95. The van der Waals surface area contributed by atoms with Crippen molar-refractivity contribution in [1.29, 1.82) is 0 Å². The van der Waals surface area contributed by atoms with Crippen molar-refractivity contribution >= 4 is 18.0 Å². The molecule has 10 heteroatoms. The van der Waals surface area contributed by atoms with Crippen molar-refractivity contribution in [3.05, 3.63) is 35.4 Å². The Morgan fingerprint density at radius 1 is 1.35 bits per heavy atom. The van der Waals surface area contributed by atoms with E-state index < -0.39 is 11.6 Å². The molecule has 1 saturated carbocycles. The summed E-state index contributed by atoms with van der Waals surface area (Å²) in [6.45, 7) is 9.47. The molecule has 1 amide bonds. The van der Waals surface area contributed by atoms with E-state index in [1.54, 1.807) is 18.4 Å². The number of allylic oxidation sites excluding steroid dienone is 1. The highest BCUT2D eigenvalue weighted by Crippen LogP contribution is 2.42. The van der Waals surface area contributed by atoms with Gasteiger partial charge in [0.05, 0.1) is 41.8 Å². The Bertz CT molecular complexity index is 1190. The minimum Gasteiger partial charge on any atom is -0.381 e. The third-order valence-electron chi connectivity index (χ3n) is 8.60. The van der Waals surface area contributed by atoms with Crippen molar-refractivity contribution in [3.63, 3.8) is 0 Å². The first kappa shape index (κ1) is 30.2. The molecule has 40 heavy (non-hydrogen) atoms. The summed E-state index contributed by atoms with van der Waals surface area (Å²) in [5, 5.41) is 11.4. The van der Waals surface area contributed by atoms with Crippen LogP contribution in [0.4, 0.5) is 4.39 Å². The Hall–Kier alpha value is -2.72. The maximum atomic E-state index is 15.7. The number of nitrogens with zero attached hydrogens (tertiary/aromatic N) is 4.